The minimum Gasteiger partial charge on any atom is -0.464 e. The van der Waals surface area contributed by atoms with Crippen molar-refractivity contribution in [3.63, 3.8) is 0 Å². The van der Waals surface area contributed by atoms with E-state index < -0.39 is 0 Å². The van der Waals surface area contributed by atoms with Gasteiger partial charge in [0, 0.05) is 17.5 Å². The summed E-state index contributed by atoms with van der Waals surface area (Å²) in [5.41, 5.74) is 9.86. The van der Waals surface area contributed by atoms with Gasteiger partial charge in [0.2, 0.25) is 5.91 Å². The van der Waals surface area contributed by atoms with E-state index in [9.17, 15) is 4.79 Å². The van der Waals surface area contributed by atoms with Crippen molar-refractivity contribution < 1.29 is 9.21 Å². The molecule has 0 unspecified atom stereocenters. The highest BCUT2D eigenvalue weighted by Crippen LogP contribution is 2.30. The van der Waals surface area contributed by atoms with Crippen LogP contribution in [0.1, 0.15) is 42.4 Å². The number of furan rings is 1. The summed E-state index contributed by atoms with van der Waals surface area (Å²) in [4.78, 5) is 12.4. The maximum absolute atomic E-state index is 12.4. The van der Waals surface area contributed by atoms with Crippen LogP contribution >= 0.6 is 0 Å². The fraction of sp³-hybridized carbons (Fsp3) is 0.500. The van der Waals surface area contributed by atoms with E-state index >= 15 is 0 Å². The van der Waals surface area contributed by atoms with E-state index in [1.807, 2.05) is 13.0 Å². The first-order valence-corrected chi connectivity index (χ1v) is 8.02. The Balaban J connectivity index is 1.78. The number of fused-ring (bicyclic) bond motifs is 1. The molecule has 1 amide bonds. The Hall–Kier alpha value is -1.81. The molecule has 1 fully saturated rings. The van der Waals surface area contributed by atoms with Crippen LogP contribution < -0.4 is 11.1 Å². The summed E-state index contributed by atoms with van der Waals surface area (Å²) in [5, 5.41) is 4.20. The van der Waals surface area contributed by atoms with Gasteiger partial charge in [-0.25, -0.2) is 0 Å². The van der Waals surface area contributed by atoms with Crippen molar-refractivity contribution in [2.24, 2.45) is 5.73 Å². The Morgan fingerprint density at radius 3 is 2.73 bits per heavy atom. The minimum atomic E-state index is -0.191. The van der Waals surface area contributed by atoms with E-state index in [1.165, 1.54) is 5.56 Å². The highest BCUT2D eigenvalue weighted by molar-refractivity contribution is 5.89. The van der Waals surface area contributed by atoms with Crippen molar-refractivity contribution in [3.8, 4) is 0 Å². The fourth-order valence-corrected chi connectivity index (χ4v) is 3.47. The predicted octanol–water partition coefficient (Wildman–Crippen LogP) is 2.98. The summed E-state index contributed by atoms with van der Waals surface area (Å²) in [6.07, 6.45) is 6.31. The quantitative estimate of drug-likeness (QED) is 0.912. The second-order valence-electron chi connectivity index (χ2n) is 6.56. The number of hydrogen-bond acceptors (Lipinski definition) is 3. The second kappa shape index (κ2) is 5.76. The molecule has 0 spiro atoms. The van der Waals surface area contributed by atoms with Crippen molar-refractivity contribution in [2.45, 2.75) is 51.5 Å². The zero-order valence-electron chi connectivity index (χ0n) is 13.4. The van der Waals surface area contributed by atoms with E-state index in [2.05, 4.69) is 18.3 Å². The normalized spacial score (nSPS) is 17.0. The van der Waals surface area contributed by atoms with Crippen LogP contribution in [-0.2, 0) is 11.2 Å². The molecule has 0 atom stereocenters. The van der Waals surface area contributed by atoms with Crippen LogP contribution in [0.25, 0.3) is 11.0 Å². The van der Waals surface area contributed by atoms with E-state index in [-0.39, 0.29) is 11.4 Å². The molecule has 0 saturated heterocycles. The van der Waals surface area contributed by atoms with Gasteiger partial charge in [0.1, 0.15) is 5.58 Å². The van der Waals surface area contributed by atoms with Gasteiger partial charge in [-0.05, 0) is 37.8 Å². The smallest absolute Gasteiger partial charge is 0.225 e. The average Bonchev–Trinajstić information content (AvgIpc) is 3.11. The molecule has 1 aromatic heterocycles. The number of rotatable bonds is 4. The van der Waals surface area contributed by atoms with Crippen LogP contribution in [0.4, 0.5) is 0 Å². The van der Waals surface area contributed by atoms with Gasteiger partial charge in [-0.15, -0.1) is 0 Å². The molecule has 1 aliphatic rings. The predicted molar refractivity (Wildman–Crippen MR) is 87.8 cm³/mol. The number of nitrogens with two attached hydrogens (primary N) is 1. The maximum Gasteiger partial charge on any atom is 0.225 e. The van der Waals surface area contributed by atoms with Crippen LogP contribution in [0.3, 0.4) is 0 Å². The van der Waals surface area contributed by atoms with E-state index in [0.717, 1.165) is 47.8 Å². The summed E-state index contributed by atoms with van der Waals surface area (Å²) in [6.45, 7) is 4.63. The SMILES string of the molecule is Cc1ccc2c(CC(=O)NC3(CN)CCCC3)coc2c1C. The zero-order chi connectivity index (χ0) is 15.7. The Morgan fingerprint density at radius 1 is 1.32 bits per heavy atom. The molecule has 4 nitrogen and oxygen atoms in total. The number of aryl methyl sites for hydroxylation is 2. The lowest BCUT2D eigenvalue weighted by molar-refractivity contribution is -0.122. The van der Waals surface area contributed by atoms with E-state index in [4.69, 9.17) is 10.2 Å². The first-order chi connectivity index (χ1) is 10.5. The Labute approximate surface area is 131 Å². The van der Waals surface area contributed by atoms with Crippen LogP contribution in [0.2, 0.25) is 0 Å². The average molecular weight is 300 g/mol. The zero-order valence-corrected chi connectivity index (χ0v) is 13.4. The number of carbonyl (C=O) groups is 1. The van der Waals surface area contributed by atoms with Crippen LogP contribution in [0, 0.1) is 13.8 Å². The first kappa shape index (κ1) is 15.1. The number of amides is 1. The second-order valence-corrected chi connectivity index (χ2v) is 6.56. The van der Waals surface area contributed by atoms with Gasteiger partial charge >= 0.3 is 0 Å². The molecular formula is C18H24N2O2. The molecular weight excluding hydrogens is 276 g/mol. The van der Waals surface area contributed by atoms with E-state index in [1.54, 1.807) is 6.26 Å². The summed E-state index contributed by atoms with van der Waals surface area (Å²) in [5.74, 6) is 0.0354. The first-order valence-electron chi connectivity index (χ1n) is 8.02. The molecule has 2 aromatic rings. The van der Waals surface area contributed by atoms with Crippen molar-refractivity contribution in [3.05, 3.63) is 35.1 Å². The number of benzene rings is 1. The summed E-state index contributed by atoms with van der Waals surface area (Å²) < 4.78 is 5.68. The molecule has 22 heavy (non-hydrogen) atoms. The Kier molecular flexibility index (Phi) is 3.96. The van der Waals surface area contributed by atoms with Gasteiger partial charge in [0.25, 0.3) is 0 Å². The molecule has 4 heteroatoms. The van der Waals surface area contributed by atoms with Crippen LogP contribution in [-0.4, -0.2) is 18.0 Å². The molecule has 1 aromatic carbocycles. The van der Waals surface area contributed by atoms with Gasteiger partial charge in [0.15, 0.2) is 0 Å². The van der Waals surface area contributed by atoms with Crippen molar-refractivity contribution in [1.29, 1.82) is 0 Å². The maximum atomic E-state index is 12.4. The van der Waals surface area contributed by atoms with Crippen molar-refractivity contribution in [2.75, 3.05) is 6.54 Å². The molecule has 118 valence electrons. The van der Waals surface area contributed by atoms with Crippen molar-refractivity contribution >= 4 is 16.9 Å². The lowest BCUT2D eigenvalue weighted by Gasteiger charge is -2.28. The summed E-state index contributed by atoms with van der Waals surface area (Å²) in [6, 6.07) is 4.12. The van der Waals surface area contributed by atoms with Gasteiger partial charge in [0.05, 0.1) is 18.2 Å². The third-order valence-corrected chi connectivity index (χ3v) is 5.05. The number of carbonyl (C=O) groups excluding carboxylic acids is 1. The molecule has 0 radical (unpaired) electrons. The van der Waals surface area contributed by atoms with Crippen LogP contribution in [0.15, 0.2) is 22.8 Å². The third kappa shape index (κ3) is 2.63. The molecule has 0 bridgehead atoms. The highest BCUT2D eigenvalue weighted by atomic mass is 16.3. The minimum absolute atomic E-state index is 0.0354. The topological polar surface area (TPSA) is 68.3 Å². The fourth-order valence-electron chi connectivity index (χ4n) is 3.47. The Bertz CT molecular complexity index is 696. The molecule has 1 aliphatic carbocycles. The Morgan fingerprint density at radius 2 is 2.05 bits per heavy atom. The number of hydrogen-bond donors (Lipinski definition) is 2. The molecule has 3 N–H and O–H groups in total. The lowest BCUT2D eigenvalue weighted by atomic mass is 9.97. The summed E-state index contributed by atoms with van der Waals surface area (Å²) in [7, 11) is 0. The largest absolute Gasteiger partial charge is 0.464 e. The van der Waals surface area contributed by atoms with E-state index in [0.29, 0.717) is 13.0 Å². The standard InChI is InChI=1S/C18H24N2O2/c1-12-5-6-15-14(10-22-17(15)13(12)2)9-16(21)20-18(11-19)7-3-4-8-18/h5-6,10H,3-4,7-9,11,19H2,1-2H3,(H,20,21). The monoisotopic (exact) mass is 300 g/mol. The lowest BCUT2D eigenvalue weighted by Crippen LogP contribution is -2.52. The van der Waals surface area contributed by atoms with Gasteiger partial charge < -0.3 is 15.5 Å². The highest BCUT2D eigenvalue weighted by Gasteiger charge is 2.33. The van der Waals surface area contributed by atoms with Crippen LogP contribution in [0.5, 0.6) is 0 Å². The molecule has 3 rings (SSSR count). The molecule has 0 aliphatic heterocycles. The van der Waals surface area contributed by atoms with Gasteiger partial charge in [-0.3, -0.25) is 4.79 Å². The van der Waals surface area contributed by atoms with Gasteiger partial charge in [-0.2, -0.15) is 0 Å². The summed E-state index contributed by atoms with van der Waals surface area (Å²) >= 11 is 0. The van der Waals surface area contributed by atoms with Crippen molar-refractivity contribution in [1.82, 2.24) is 5.32 Å². The van der Waals surface area contributed by atoms with Gasteiger partial charge in [-0.1, -0.05) is 25.0 Å². The molecule has 1 heterocycles. The molecule has 1 saturated carbocycles. The third-order valence-electron chi connectivity index (χ3n) is 5.05. The number of nitrogens with one attached hydrogen (secondary N) is 1.